The number of nitrogens with zero attached hydrogens (tertiary/aromatic N) is 5. The number of rotatable bonds is 4. The third-order valence-electron chi connectivity index (χ3n) is 4.40. The third-order valence-corrected chi connectivity index (χ3v) is 4.68. The fraction of sp³-hybridized carbons (Fsp3) is 0.562. The minimum Gasteiger partial charge on any atom is -0.391 e. The Hall–Kier alpha value is -1.86. The van der Waals surface area contributed by atoms with Crippen LogP contribution in [0.5, 0.6) is 0 Å². The number of aryl methyl sites for hydroxylation is 1. The molecule has 2 atom stereocenters. The zero-order valence-corrected chi connectivity index (χ0v) is 14.4. The van der Waals surface area contributed by atoms with E-state index in [1.807, 2.05) is 17.7 Å². The molecule has 1 amide bonds. The number of aliphatic hydroxyl groups is 1. The van der Waals surface area contributed by atoms with E-state index < -0.39 is 6.10 Å². The van der Waals surface area contributed by atoms with Crippen LogP contribution in [0, 0.1) is 0 Å². The summed E-state index contributed by atoms with van der Waals surface area (Å²) in [5.74, 6) is -0.173. The summed E-state index contributed by atoms with van der Waals surface area (Å²) in [6, 6.07) is -0.0709. The van der Waals surface area contributed by atoms with Gasteiger partial charge >= 0.3 is 0 Å². The van der Waals surface area contributed by atoms with Gasteiger partial charge < -0.3 is 14.6 Å². The number of hydrogen-bond donors (Lipinski definition) is 1. The summed E-state index contributed by atoms with van der Waals surface area (Å²) in [5.41, 5.74) is 0.292. The van der Waals surface area contributed by atoms with Crippen molar-refractivity contribution in [3.8, 4) is 0 Å². The first-order valence-corrected chi connectivity index (χ1v) is 8.65. The van der Waals surface area contributed by atoms with Crippen LogP contribution in [0.15, 0.2) is 24.9 Å². The van der Waals surface area contributed by atoms with Crippen LogP contribution in [0.3, 0.4) is 0 Å². The largest absolute Gasteiger partial charge is 0.391 e. The van der Waals surface area contributed by atoms with Gasteiger partial charge in [0.2, 0.25) is 0 Å². The Morgan fingerprint density at radius 3 is 2.92 bits per heavy atom. The van der Waals surface area contributed by atoms with Crippen LogP contribution < -0.4 is 0 Å². The highest BCUT2D eigenvalue weighted by Crippen LogP contribution is 2.25. The van der Waals surface area contributed by atoms with Crippen molar-refractivity contribution < 1.29 is 9.90 Å². The summed E-state index contributed by atoms with van der Waals surface area (Å²) in [6.07, 6.45) is 8.53. The Bertz CT molecular complexity index is 685. The quantitative estimate of drug-likeness (QED) is 0.913. The second-order valence-corrected chi connectivity index (χ2v) is 6.51. The summed E-state index contributed by atoms with van der Waals surface area (Å²) in [5, 5.41) is 15.1. The highest BCUT2D eigenvalue weighted by atomic mass is 35.5. The molecule has 1 aliphatic heterocycles. The third kappa shape index (κ3) is 3.47. The Balaban J connectivity index is 1.72. The number of carbonyl (C=O) groups excluding carboxylic acids is 1. The predicted molar refractivity (Wildman–Crippen MR) is 89.9 cm³/mol. The first-order valence-electron chi connectivity index (χ1n) is 8.28. The molecule has 3 heterocycles. The molecule has 3 rings (SSSR count). The number of imidazole rings is 1. The molecule has 2 aromatic heterocycles. The number of halogens is 1. The fourth-order valence-corrected chi connectivity index (χ4v) is 3.36. The summed E-state index contributed by atoms with van der Waals surface area (Å²) < 4.78 is 3.61. The van der Waals surface area contributed by atoms with Crippen LogP contribution in [-0.4, -0.2) is 54.4 Å². The molecule has 0 radical (unpaired) electrons. The van der Waals surface area contributed by atoms with Crippen molar-refractivity contribution in [1.82, 2.24) is 24.2 Å². The maximum Gasteiger partial charge on any atom is 0.275 e. The number of aliphatic hydroxyl groups excluding tert-OH is 1. The van der Waals surface area contributed by atoms with E-state index in [1.54, 1.807) is 28.3 Å². The SMILES string of the molecule is CCCn1cc(Cl)c(C(=O)N2CC[C@H](O)[C@@H](n3ccnc3)CC2)n1. The molecule has 1 N–H and O–H groups in total. The van der Waals surface area contributed by atoms with Crippen molar-refractivity contribution in [2.75, 3.05) is 13.1 Å². The minimum atomic E-state index is -0.509. The molecular weight excluding hydrogens is 330 g/mol. The van der Waals surface area contributed by atoms with E-state index in [4.69, 9.17) is 11.6 Å². The van der Waals surface area contributed by atoms with Crippen molar-refractivity contribution in [3.63, 3.8) is 0 Å². The van der Waals surface area contributed by atoms with E-state index in [-0.39, 0.29) is 11.9 Å². The molecule has 0 aromatic carbocycles. The Labute approximate surface area is 145 Å². The lowest BCUT2D eigenvalue weighted by molar-refractivity contribution is 0.0745. The molecule has 1 saturated heterocycles. The van der Waals surface area contributed by atoms with Gasteiger partial charge in [-0.05, 0) is 19.3 Å². The van der Waals surface area contributed by atoms with Crippen molar-refractivity contribution in [2.45, 2.75) is 44.9 Å². The zero-order chi connectivity index (χ0) is 17.1. The Morgan fingerprint density at radius 2 is 2.21 bits per heavy atom. The molecule has 0 spiro atoms. The van der Waals surface area contributed by atoms with Gasteiger partial charge in [-0.3, -0.25) is 9.48 Å². The zero-order valence-electron chi connectivity index (χ0n) is 13.7. The van der Waals surface area contributed by atoms with E-state index in [0.29, 0.717) is 36.6 Å². The fourth-order valence-electron chi connectivity index (χ4n) is 3.12. The molecule has 0 saturated carbocycles. The number of carbonyl (C=O) groups is 1. The van der Waals surface area contributed by atoms with Gasteiger partial charge in [0.05, 0.1) is 23.5 Å². The van der Waals surface area contributed by atoms with E-state index in [9.17, 15) is 9.90 Å². The molecule has 1 fully saturated rings. The van der Waals surface area contributed by atoms with Gasteiger partial charge in [0.1, 0.15) is 0 Å². The lowest BCUT2D eigenvalue weighted by Crippen LogP contribution is -2.32. The van der Waals surface area contributed by atoms with Gasteiger partial charge in [0.15, 0.2) is 5.69 Å². The topological polar surface area (TPSA) is 76.2 Å². The highest BCUT2D eigenvalue weighted by molar-refractivity contribution is 6.33. The molecule has 24 heavy (non-hydrogen) atoms. The molecule has 0 bridgehead atoms. The van der Waals surface area contributed by atoms with Crippen molar-refractivity contribution in [1.29, 1.82) is 0 Å². The van der Waals surface area contributed by atoms with Gasteiger partial charge in [-0.1, -0.05) is 18.5 Å². The molecule has 7 nitrogen and oxygen atoms in total. The number of aromatic nitrogens is 4. The summed E-state index contributed by atoms with van der Waals surface area (Å²) in [4.78, 5) is 18.5. The average Bonchev–Trinajstić information content (AvgIpc) is 3.16. The maximum absolute atomic E-state index is 12.8. The van der Waals surface area contributed by atoms with E-state index in [0.717, 1.165) is 13.0 Å². The molecule has 8 heteroatoms. The molecule has 2 aromatic rings. The first-order chi connectivity index (χ1) is 11.6. The van der Waals surface area contributed by atoms with Gasteiger partial charge in [0, 0.05) is 38.2 Å². The summed E-state index contributed by atoms with van der Waals surface area (Å²) >= 11 is 6.18. The second kappa shape index (κ2) is 7.36. The molecule has 1 aliphatic rings. The van der Waals surface area contributed by atoms with Crippen molar-refractivity contribution in [2.24, 2.45) is 0 Å². The van der Waals surface area contributed by atoms with Crippen LogP contribution in [0.1, 0.15) is 42.7 Å². The van der Waals surface area contributed by atoms with Crippen LogP contribution in [0.25, 0.3) is 0 Å². The highest BCUT2D eigenvalue weighted by Gasteiger charge is 2.30. The normalized spacial score (nSPS) is 21.7. The molecule has 130 valence electrons. The standard InChI is InChI=1S/C16H22ClN5O2/c1-2-6-22-10-12(17)15(19-22)16(24)20-7-3-13(14(23)4-8-20)21-9-5-18-11-21/h5,9-11,13-14,23H,2-4,6-8H2,1H3/t13-,14-/m0/s1. The minimum absolute atomic E-state index is 0.0709. The average molecular weight is 352 g/mol. The lowest BCUT2D eigenvalue weighted by Gasteiger charge is -2.21. The van der Waals surface area contributed by atoms with Gasteiger partial charge in [-0.25, -0.2) is 4.98 Å². The van der Waals surface area contributed by atoms with E-state index in [1.165, 1.54) is 0 Å². The van der Waals surface area contributed by atoms with Crippen molar-refractivity contribution >= 4 is 17.5 Å². The maximum atomic E-state index is 12.8. The van der Waals surface area contributed by atoms with E-state index in [2.05, 4.69) is 10.1 Å². The first kappa shape index (κ1) is 17.0. The number of amides is 1. The lowest BCUT2D eigenvalue weighted by atomic mass is 10.1. The number of hydrogen-bond acceptors (Lipinski definition) is 4. The monoisotopic (exact) mass is 351 g/mol. The molecule has 0 aliphatic carbocycles. The smallest absolute Gasteiger partial charge is 0.275 e. The second-order valence-electron chi connectivity index (χ2n) is 6.10. The van der Waals surface area contributed by atoms with Gasteiger partial charge in [-0.2, -0.15) is 5.10 Å². The van der Waals surface area contributed by atoms with Crippen LogP contribution >= 0.6 is 11.6 Å². The van der Waals surface area contributed by atoms with E-state index >= 15 is 0 Å². The number of likely N-dealkylation sites (tertiary alicyclic amines) is 1. The Kier molecular flexibility index (Phi) is 5.20. The summed E-state index contributed by atoms with van der Waals surface area (Å²) in [6.45, 7) is 3.82. The summed E-state index contributed by atoms with van der Waals surface area (Å²) in [7, 11) is 0. The van der Waals surface area contributed by atoms with Crippen LogP contribution in [-0.2, 0) is 6.54 Å². The van der Waals surface area contributed by atoms with Crippen molar-refractivity contribution in [3.05, 3.63) is 35.6 Å². The Morgan fingerprint density at radius 1 is 1.42 bits per heavy atom. The van der Waals surface area contributed by atoms with Crippen LogP contribution in [0.4, 0.5) is 0 Å². The predicted octanol–water partition coefficient (Wildman–Crippen LogP) is 1.98. The van der Waals surface area contributed by atoms with Crippen LogP contribution in [0.2, 0.25) is 5.02 Å². The molecule has 0 unspecified atom stereocenters. The molecular formula is C16H22ClN5O2. The van der Waals surface area contributed by atoms with Gasteiger partial charge in [-0.15, -0.1) is 0 Å². The van der Waals surface area contributed by atoms with Gasteiger partial charge in [0.25, 0.3) is 5.91 Å².